The van der Waals surface area contributed by atoms with Crippen LogP contribution in [0.25, 0.3) is 0 Å². The summed E-state index contributed by atoms with van der Waals surface area (Å²) in [6.07, 6.45) is 5.62. The molecule has 0 saturated heterocycles. The molecule has 4 heteroatoms. The van der Waals surface area contributed by atoms with Crippen LogP contribution in [0.3, 0.4) is 0 Å². The third kappa shape index (κ3) is 3.11. The molecule has 0 radical (unpaired) electrons. The van der Waals surface area contributed by atoms with Gasteiger partial charge >= 0.3 is 0 Å². The second-order valence-corrected chi connectivity index (χ2v) is 4.22. The average molecular weight is 245 g/mol. The smallest absolute Gasteiger partial charge is 0.118 e. The van der Waals surface area contributed by atoms with Crippen LogP contribution in [0.2, 0.25) is 0 Å². The molecule has 0 spiro atoms. The van der Waals surface area contributed by atoms with Crippen LogP contribution in [0.4, 0.5) is 0 Å². The van der Waals surface area contributed by atoms with Gasteiger partial charge in [0.15, 0.2) is 0 Å². The fourth-order valence-electron chi connectivity index (χ4n) is 1.95. The Bertz CT molecular complexity index is 476. The quantitative estimate of drug-likeness (QED) is 0.841. The van der Waals surface area contributed by atoms with Crippen molar-refractivity contribution in [2.24, 2.45) is 5.73 Å². The Labute approximate surface area is 107 Å². The van der Waals surface area contributed by atoms with E-state index in [1.165, 1.54) is 11.3 Å². The Hall–Kier alpha value is -1.81. The molecular weight excluding hydrogens is 226 g/mol. The maximum Gasteiger partial charge on any atom is 0.118 e. The van der Waals surface area contributed by atoms with Crippen LogP contribution in [0.1, 0.15) is 11.3 Å². The van der Waals surface area contributed by atoms with Gasteiger partial charge in [-0.3, -0.25) is 0 Å². The number of nitrogens with zero attached hydrogens (tertiary/aromatic N) is 2. The second-order valence-electron chi connectivity index (χ2n) is 4.22. The van der Waals surface area contributed by atoms with E-state index in [0.717, 1.165) is 25.1 Å². The molecule has 0 aliphatic heterocycles. The summed E-state index contributed by atoms with van der Waals surface area (Å²) in [5.41, 5.74) is 8.07. The van der Waals surface area contributed by atoms with Crippen molar-refractivity contribution in [3.05, 3.63) is 48.0 Å². The van der Waals surface area contributed by atoms with Gasteiger partial charge in [-0.2, -0.15) is 0 Å². The molecule has 2 aromatic rings. The predicted octanol–water partition coefficient (Wildman–Crippen LogP) is 1.64. The molecule has 0 unspecified atom stereocenters. The molecule has 0 fully saturated rings. The lowest BCUT2D eigenvalue weighted by Gasteiger charge is -2.08. The number of methoxy groups -OCH3 is 1. The molecule has 18 heavy (non-hydrogen) atoms. The molecule has 4 nitrogen and oxygen atoms in total. The summed E-state index contributed by atoms with van der Waals surface area (Å²) in [6, 6.07) is 8.17. The summed E-state index contributed by atoms with van der Waals surface area (Å²) in [5, 5.41) is 0. The van der Waals surface area contributed by atoms with Gasteiger partial charge in [0, 0.05) is 24.9 Å². The largest absolute Gasteiger partial charge is 0.497 e. The Morgan fingerprint density at radius 2 is 2.00 bits per heavy atom. The highest BCUT2D eigenvalue weighted by Crippen LogP contribution is 2.12. The molecule has 0 amide bonds. The van der Waals surface area contributed by atoms with E-state index >= 15 is 0 Å². The highest BCUT2D eigenvalue weighted by atomic mass is 16.5. The third-order valence-electron chi connectivity index (χ3n) is 3.00. The molecule has 0 aliphatic rings. The van der Waals surface area contributed by atoms with E-state index in [1.54, 1.807) is 7.11 Å². The maximum atomic E-state index is 5.57. The van der Waals surface area contributed by atoms with Crippen molar-refractivity contribution < 1.29 is 4.74 Å². The minimum absolute atomic E-state index is 0.661. The molecule has 0 atom stereocenters. The molecular formula is C14H19N3O. The van der Waals surface area contributed by atoms with Crippen molar-refractivity contribution in [2.45, 2.75) is 19.4 Å². The van der Waals surface area contributed by atoms with E-state index in [9.17, 15) is 0 Å². The minimum Gasteiger partial charge on any atom is -0.497 e. The Kier molecular flexibility index (Phi) is 4.36. The lowest BCUT2D eigenvalue weighted by molar-refractivity contribution is 0.414. The number of aromatic nitrogens is 2. The molecule has 2 rings (SSSR count). The monoisotopic (exact) mass is 245 g/mol. The highest BCUT2D eigenvalue weighted by molar-refractivity contribution is 5.27. The number of rotatable bonds is 6. The van der Waals surface area contributed by atoms with Crippen LogP contribution < -0.4 is 10.5 Å². The van der Waals surface area contributed by atoms with E-state index in [0.29, 0.717) is 6.54 Å². The third-order valence-corrected chi connectivity index (χ3v) is 3.00. The van der Waals surface area contributed by atoms with Crippen LogP contribution in [0.15, 0.2) is 36.8 Å². The lowest BCUT2D eigenvalue weighted by atomic mass is 10.1. The molecule has 0 saturated carbocycles. The summed E-state index contributed by atoms with van der Waals surface area (Å²) in [5.74, 6) is 0.894. The van der Waals surface area contributed by atoms with Gasteiger partial charge in [0.2, 0.25) is 0 Å². The standard InChI is InChI=1S/C14H19N3O/c1-18-14-4-2-12(3-5-14)7-9-17-11-16-10-13(17)6-8-15/h2-5,10-11H,6-9,15H2,1H3. The normalized spacial score (nSPS) is 10.6. The second kappa shape index (κ2) is 6.21. The van der Waals surface area contributed by atoms with E-state index < -0.39 is 0 Å². The van der Waals surface area contributed by atoms with Gasteiger partial charge in [-0.1, -0.05) is 12.1 Å². The van der Waals surface area contributed by atoms with Crippen LogP contribution >= 0.6 is 0 Å². The zero-order valence-electron chi connectivity index (χ0n) is 10.7. The lowest BCUT2D eigenvalue weighted by Crippen LogP contribution is -2.09. The van der Waals surface area contributed by atoms with Gasteiger partial charge < -0.3 is 15.0 Å². The number of ether oxygens (including phenoxy) is 1. The maximum absolute atomic E-state index is 5.57. The number of benzene rings is 1. The number of nitrogens with two attached hydrogens (primary N) is 1. The van der Waals surface area contributed by atoms with Gasteiger partial charge in [-0.25, -0.2) is 4.98 Å². The first-order chi connectivity index (χ1) is 8.83. The van der Waals surface area contributed by atoms with Crippen molar-refractivity contribution in [3.8, 4) is 5.75 Å². The molecule has 1 aromatic carbocycles. The summed E-state index contributed by atoms with van der Waals surface area (Å²) >= 11 is 0. The molecule has 2 N–H and O–H groups in total. The summed E-state index contributed by atoms with van der Waals surface area (Å²) in [6.45, 7) is 1.59. The summed E-state index contributed by atoms with van der Waals surface area (Å²) in [7, 11) is 1.68. The van der Waals surface area contributed by atoms with Crippen molar-refractivity contribution in [3.63, 3.8) is 0 Å². The SMILES string of the molecule is COc1ccc(CCn2cncc2CCN)cc1. The Morgan fingerprint density at radius 1 is 1.22 bits per heavy atom. The van der Waals surface area contributed by atoms with E-state index in [4.69, 9.17) is 10.5 Å². The van der Waals surface area contributed by atoms with Crippen molar-refractivity contribution >= 4 is 0 Å². The Morgan fingerprint density at radius 3 is 2.67 bits per heavy atom. The van der Waals surface area contributed by atoms with Crippen LogP contribution in [0, 0.1) is 0 Å². The van der Waals surface area contributed by atoms with Crippen LogP contribution in [-0.2, 0) is 19.4 Å². The van der Waals surface area contributed by atoms with Crippen molar-refractivity contribution in [1.29, 1.82) is 0 Å². The number of imidazole rings is 1. The Balaban J connectivity index is 1.95. The first-order valence-corrected chi connectivity index (χ1v) is 6.15. The molecule has 96 valence electrons. The zero-order valence-corrected chi connectivity index (χ0v) is 10.7. The molecule has 1 aromatic heterocycles. The molecule has 0 aliphatic carbocycles. The fourth-order valence-corrected chi connectivity index (χ4v) is 1.95. The van der Waals surface area contributed by atoms with Crippen LogP contribution in [0.5, 0.6) is 5.75 Å². The van der Waals surface area contributed by atoms with Gasteiger partial charge in [0.05, 0.1) is 13.4 Å². The topological polar surface area (TPSA) is 53.1 Å². The average Bonchev–Trinajstić information content (AvgIpc) is 2.85. The summed E-state index contributed by atoms with van der Waals surface area (Å²) in [4.78, 5) is 4.17. The first-order valence-electron chi connectivity index (χ1n) is 6.15. The molecule has 1 heterocycles. The number of hydrogen-bond acceptors (Lipinski definition) is 3. The molecule has 0 bridgehead atoms. The summed E-state index contributed by atoms with van der Waals surface area (Å²) < 4.78 is 7.31. The van der Waals surface area contributed by atoms with Crippen LogP contribution in [-0.4, -0.2) is 23.2 Å². The number of hydrogen-bond donors (Lipinski definition) is 1. The van der Waals surface area contributed by atoms with Gasteiger partial charge in [0.1, 0.15) is 5.75 Å². The van der Waals surface area contributed by atoms with Gasteiger partial charge in [-0.05, 0) is 30.7 Å². The predicted molar refractivity (Wildman–Crippen MR) is 71.7 cm³/mol. The van der Waals surface area contributed by atoms with Gasteiger partial charge in [-0.15, -0.1) is 0 Å². The van der Waals surface area contributed by atoms with E-state index in [-0.39, 0.29) is 0 Å². The van der Waals surface area contributed by atoms with E-state index in [1.807, 2.05) is 24.7 Å². The van der Waals surface area contributed by atoms with Gasteiger partial charge in [0.25, 0.3) is 0 Å². The number of aryl methyl sites for hydroxylation is 2. The minimum atomic E-state index is 0.661. The fraction of sp³-hybridized carbons (Fsp3) is 0.357. The van der Waals surface area contributed by atoms with E-state index in [2.05, 4.69) is 21.7 Å². The van der Waals surface area contributed by atoms with Crippen molar-refractivity contribution in [1.82, 2.24) is 9.55 Å². The highest BCUT2D eigenvalue weighted by Gasteiger charge is 2.01. The van der Waals surface area contributed by atoms with Crippen molar-refractivity contribution in [2.75, 3.05) is 13.7 Å². The zero-order chi connectivity index (χ0) is 12.8. The first kappa shape index (κ1) is 12.6.